The smallest absolute Gasteiger partial charge is 0.251 e. The van der Waals surface area contributed by atoms with Crippen molar-refractivity contribution in [1.29, 1.82) is 0 Å². The first kappa shape index (κ1) is 13.4. The van der Waals surface area contributed by atoms with Gasteiger partial charge in [-0.25, -0.2) is 0 Å². The summed E-state index contributed by atoms with van der Waals surface area (Å²) in [5, 5.41) is 2.83. The monoisotopic (exact) mass is 237 g/mol. The third kappa shape index (κ3) is 3.66. The van der Waals surface area contributed by atoms with E-state index in [1.165, 1.54) is 0 Å². The third-order valence-electron chi connectivity index (χ3n) is 2.15. The molecule has 1 amide bonds. The number of hydrogen-bond acceptors (Lipinski definition) is 3. The number of nitrogens with one attached hydrogen (secondary N) is 1. The molecule has 17 heavy (non-hydrogen) atoms. The van der Waals surface area contributed by atoms with E-state index in [9.17, 15) is 4.79 Å². The fourth-order valence-electron chi connectivity index (χ4n) is 1.43. The van der Waals surface area contributed by atoms with Gasteiger partial charge >= 0.3 is 0 Å². The van der Waals surface area contributed by atoms with Crippen LogP contribution in [0.15, 0.2) is 18.2 Å². The van der Waals surface area contributed by atoms with Gasteiger partial charge in [0.15, 0.2) is 11.5 Å². The quantitative estimate of drug-likeness (QED) is 0.854. The summed E-state index contributed by atoms with van der Waals surface area (Å²) in [6, 6.07) is 5.26. The minimum absolute atomic E-state index is 0.108. The second kappa shape index (κ2) is 6.13. The van der Waals surface area contributed by atoms with Crippen LogP contribution >= 0.6 is 0 Å². The Bertz CT molecular complexity index is 388. The van der Waals surface area contributed by atoms with E-state index in [1.807, 2.05) is 20.8 Å². The lowest BCUT2D eigenvalue weighted by Crippen LogP contribution is -2.30. The molecule has 4 heteroatoms. The van der Waals surface area contributed by atoms with Crippen LogP contribution < -0.4 is 14.8 Å². The number of rotatable bonds is 5. The van der Waals surface area contributed by atoms with Crippen molar-refractivity contribution in [1.82, 2.24) is 5.32 Å². The summed E-state index contributed by atoms with van der Waals surface area (Å²) >= 11 is 0. The molecular formula is C13H19NO3. The Hall–Kier alpha value is -1.71. The highest BCUT2D eigenvalue weighted by molar-refractivity contribution is 5.95. The first-order valence-corrected chi connectivity index (χ1v) is 5.70. The number of ether oxygens (including phenoxy) is 2. The maximum absolute atomic E-state index is 11.8. The van der Waals surface area contributed by atoms with Crippen molar-refractivity contribution in [3.8, 4) is 11.5 Å². The van der Waals surface area contributed by atoms with E-state index in [0.29, 0.717) is 23.7 Å². The van der Waals surface area contributed by atoms with Gasteiger partial charge in [-0.1, -0.05) is 0 Å². The number of benzene rings is 1. The molecule has 0 aliphatic rings. The minimum atomic E-state index is -0.108. The van der Waals surface area contributed by atoms with E-state index in [-0.39, 0.29) is 11.9 Å². The largest absolute Gasteiger partial charge is 0.493 e. The van der Waals surface area contributed by atoms with Crippen molar-refractivity contribution in [2.75, 3.05) is 13.7 Å². The van der Waals surface area contributed by atoms with Gasteiger partial charge in [-0.3, -0.25) is 4.79 Å². The second-order valence-corrected chi connectivity index (χ2v) is 3.93. The van der Waals surface area contributed by atoms with E-state index in [2.05, 4.69) is 5.32 Å². The van der Waals surface area contributed by atoms with Crippen LogP contribution in [0.1, 0.15) is 31.1 Å². The molecule has 0 heterocycles. The molecule has 0 atom stereocenters. The van der Waals surface area contributed by atoms with E-state index in [4.69, 9.17) is 9.47 Å². The van der Waals surface area contributed by atoms with Gasteiger partial charge in [-0.05, 0) is 39.0 Å². The molecule has 4 nitrogen and oxygen atoms in total. The zero-order valence-electron chi connectivity index (χ0n) is 10.7. The Morgan fingerprint density at radius 2 is 2.06 bits per heavy atom. The van der Waals surface area contributed by atoms with Crippen molar-refractivity contribution >= 4 is 5.91 Å². The average molecular weight is 237 g/mol. The molecule has 0 aromatic heterocycles. The van der Waals surface area contributed by atoms with Gasteiger partial charge in [0, 0.05) is 11.6 Å². The number of methoxy groups -OCH3 is 1. The van der Waals surface area contributed by atoms with Crippen LogP contribution in [0.4, 0.5) is 0 Å². The van der Waals surface area contributed by atoms with Crippen molar-refractivity contribution in [3.63, 3.8) is 0 Å². The molecule has 0 bridgehead atoms. The summed E-state index contributed by atoms with van der Waals surface area (Å²) in [6.45, 7) is 6.27. The molecule has 1 rings (SSSR count). The lowest BCUT2D eigenvalue weighted by molar-refractivity contribution is 0.0942. The van der Waals surface area contributed by atoms with Crippen LogP contribution in [-0.4, -0.2) is 25.7 Å². The van der Waals surface area contributed by atoms with Gasteiger partial charge in [0.05, 0.1) is 13.7 Å². The van der Waals surface area contributed by atoms with E-state index in [1.54, 1.807) is 25.3 Å². The minimum Gasteiger partial charge on any atom is -0.493 e. The topological polar surface area (TPSA) is 47.6 Å². The van der Waals surface area contributed by atoms with Crippen LogP contribution in [0.2, 0.25) is 0 Å². The zero-order chi connectivity index (χ0) is 12.8. The Morgan fingerprint density at radius 3 is 2.59 bits per heavy atom. The highest BCUT2D eigenvalue weighted by Crippen LogP contribution is 2.27. The fraction of sp³-hybridized carbons (Fsp3) is 0.462. The molecule has 0 radical (unpaired) electrons. The standard InChI is InChI=1S/C13H19NO3/c1-5-17-12-8-10(6-7-11(12)16-4)13(15)14-9(2)3/h6-9H,5H2,1-4H3,(H,14,15). The predicted octanol–water partition coefficient (Wildman–Crippen LogP) is 2.23. The molecule has 94 valence electrons. The van der Waals surface area contributed by atoms with Crippen LogP contribution in [0.25, 0.3) is 0 Å². The van der Waals surface area contributed by atoms with E-state index < -0.39 is 0 Å². The lowest BCUT2D eigenvalue weighted by Gasteiger charge is -2.12. The van der Waals surface area contributed by atoms with Crippen molar-refractivity contribution in [2.45, 2.75) is 26.8 Å². The molecule has 0 saturated heterocycles. The maximum Gasteiger partial charge on any atom is 0.251 e. The molecule has 0 saturated carbocycles. The van der Waals surface area contributed by atoms with Gasteiger partial charge in [0.2, 0.25) is 0 Å². The molecule has 1 N–H and O–H groups in total. The summed E-state index contributed by atoms with van der Waals surface area (Å²) < 4.78 is 10.6. The third-order valence-corrected chi connectivity index (χ3v) is 2.15. The summed E-state index contributed by atoms with van der Waals surface area (Å²) in [5.74, 6) is 1.11. The normalized spacial score (nSPS) is 10.2. The van der Waals surface area contributed by atoms with Crippen molar-refractivity contribution in [3.05, 3.63) is 23.8 Å². The van der Waals surface area contributed by atoms with E-state index >= 15 is 0 Å². The summed E-state index contributed by atoms with van der Waals surface area (Å²) in [4.78, 5) is 11.8. The summed E-state index contributed by atoms with van der Waals surface area (Å²) in [5.41, 5.74) is 0.572. The summed E-state index contributed by atoms with van der Waals surface area (Å²) in [7, 11) is 1.58. The van der Waals surface area contributed by atoms with Gasteiger partial charge in [0.25, 0.3) is 5.91 Å². The number of hydrogen-bond donors (Lipinski definition) is 1. The highest BCUT2D eigenvalue weighted by Gasteiger charge is 2.11. The number of carbonyl (C=O) groups is 1. The maximum atomic E-state index is 11.8. The number of amides is 1. The molecular weight excluding hydrogens is 218 g/mol. The van der Waals surface area contributed by atoms with Crippen molar-refractivity contribution < 1.29 is 14.3 Å². The lowest BCUT2D eigenvalue weighted by atomic mass is 10.2. The summed E-state index contributed by atoms with van der Waals surface area (Å²) in [6.07, 6.45) is 0. The van der Waals surface area contributed by atoms with Crippen LogP contribution in [0.5, 0.6) is 11.5 Å². The van der Waals surface area contributed by atoms with Crippen LogP contribution in [0, 0.1) is 0 Å². The van der Waals surface area contributed by atoms with Gasteiger partial charge in [-0.15, -0.1) is 0 Å². The van der Waals surface area contributed by atoms with Gasteiger partial charge in [0.1, 0.15) is 0 Å². The Balaban J connectivity index is 2.94. The molecule has 1 aromatic carbocycles. The predicted molar refractivity (Wildman–Crippen MR) is 66.8 cm³/mol. The van der Waals surface area contributed by atoms with Gasteiger partial charge in [-0.2, -0.15) is 0 Å². The first-order chi connectivity index (χ1) is 8.08. The SMILES string of the molecule is CCOc1cc(C(=O)NC(C)C)ccc1OC. The Kier molecular flexibility index (Phi) is 4.82. The van der Waals surface area contributed by atoms with Crippen LogP contribution in [0.3, 0.4) is 0 Å². The van der Waals surface area contributed by atoms with Crippen LogP contribution in [-0.2, 0) is 0 Å². The van der Waals surface area contributed by atoms with Crippen molar-refractivity contribution in [2.24, 2.45) is 0 Å². The molecule has 0 fully saturated rings. The Morgan fingerprint density at radius 1 is 1.35 bits per heavy atom. The Labute approximate surface area is 102 Å². The molecule has 0 aliphatic heterocycles. The zero-order valence-corrected chi connectivity index (χ0v) is 10.7. The number of carbonyl (C=O) groups excluding carboxylic acids is 1. The van der Waals surface area contributed by atoms with E-state index in [0.717, 1.165) is 0 Å². The second-order valence-electron chi connectivity index (χ2n) is 3.93. The first-order valence-electron chi connectivity index (χ1n) is 5.70. The molecule has 0 spiro atoms. The fourth-order valence-corrected chi connectivity index (χ4v) is 1.43. The highest BCUT2D eigenvalue weighted by atomic mass is 16.5. The average Bonchev–Trinajstić information content (AvgIpc) is 2.28. The molecule has 0 unspecified atom stereocenters. The molecule has 1 aromatic rings. The molecule has 0 aliphatic carbocycles. The van der Waals surface area contributed by atoms with Gasteiger partial charge < -0.3 is 14.8 Å².